The second-order valence-electron chi connectivity index (χ2n) is 4.91. The molecule has 0 amide bonds. The van der Waals surface area contributed by atoms with Gasteiger partial charge in [-0.25, -0.2) is 15.0 Å². The van der Waals surface area contributed by atoms with Crippen LogP contribution < -0.4 is 0 Å². The molecule has 0 bridgehead atoms. The summed E-state index contributed by atoms with van der Waals surface area (Å²) in [6.45, 7) is 3.85. The van der Waals surface area contributed by atoms with Crippen LogP contribution in [0.2, 0.25) is 10.3 Å². The number of rotatable bonds is 1. The molecule has 0 unspecified atom stereocenters. The third kappa shape index (κ3) is 3.21. The molecule has 0 saturated carbocycles. The topological polar surface area (TPSA) is 43.6 Å². The molecule has 0 aliphatic carbocycles. The van der Waals surface area contributed by atoms with Gasteiger partial charge in [-0.15, -0.1) is 0 Å². The van der Waals surface area contributed by atoms with Crippen molar-refractivity contribution in [3.8, 4) is 17.5 Å². The van der Waals surface area contributed by atoms with Crippen LogP contribution in [0.4, 0.5) is 0 Å². The van der Waals surface area contributed by atoms with Gasteiger partial charge >= 0.3 is 0 Å². The molecule has 0 radical (unpaired) electrons. The SMILES string of the molecule is Cc1c(C#Cc2ncn(-c3ccc(Cl)nc3)c2C)ccnc1Cl. The Bertz CT molecular complexity index is 918. The highest BCUT2D eigenvalue weighted by atomic mass is 35.5. The van der Waals surface area contributed by atoms with Crippen LogP contribution in [0.3, 0.4) is 0 Å². The van der Waals surface area contributed by atoms with E-state index >= 15 is 0 Å². The number of halogens is 2. The molecule has 3 heterocycles. The van der Waals surface area contributed by atoms with E-state index < -0.39 is 0 Å². The second kappa shape index (κ2) is 6.41. The summed E-state index contributed by atoms with van der Waals surface area (Å²) in [7, 11) is 0. The average Bonchev–Trinajstić information content (AvgIpc) is 2.91. The van der Waals surface area contributed by atoms with E-state index in [0.29, 0.717) is 16.0 Å². The van der Waals surface area contributed by atoms with Gasteiger partial charge in [0, 0.05) is 17.3 Å². The van der Waals surface area contributed by atoms with Crippen LogP contribution in [0, 0.1) is 25.7 Å². The van der Waals surface area contributed by atoms with Crippen molar-refractivity contribution < 1.29 is 0 Å². The summed E-state index contributed by atoms with van der Waals surface area (Å²) < 4.78 is 1.92. The quantitative estimate of drug-likeness (QED) is 0.496. The molecule has 0 aliphatic rings. The van der Waals surface area contributed by atoms with Gasteiger partial charge in [0.25, 0.3) is 0 Å². The fourth-order valence-corrected chi connectivity index (χ4v) is 2.35. The molecule has 0 spiro atoms. The zero-order valence-electron chi connectivity index (χ0n) is 12.5. The van der Waals surface area contributed by atoms with Crippen LogP contribution in [0.15, 0.2) is 36.9 Å². The molecule has 6 heteroatoms. The zero-order chi connectivity index (χ0) is 16.4. The Hall–Kier alpha value is -2.35. The monoisotopic (exact) mass is 342 g/mol. The highest BCUT2D eigenvalue weighted by molar-refractivity contribution is 6.30. The molecule has 0 aromatic carbocycles. The summed E-state index contributed by atoms with van der Waals surface area (Å²) in [4.78, 5) is 12.5. The molecule has 0 aliphatic heterocycles. The van der Waals surface area contributed by atoms with Crippen molar-refractivity contribution >= 4 is 23.2 Å². The number of hydrogen-bond donors (Lipinski definition) is 0. The minimum absolute atomic E-state index is 0.455. The molecule has 0 saturated heterocycles. The predicted octanol–water partition coefficient (Wildman–Crippen LogP) is 3.99. The standard InChI is InChI=1S/C17H12Cl2N4/c1-11-13(7-8-20-17(11)19)3-5-15-12(2)23(10-22-15)14-4-6-16(18)21-9-14/h4,6-10H,1-2H3. The lowest BCUT2D eigenvalue weighted by atomic mass is 10.1. The van der Waals surface area contributed by atoms with Crippen LogP contribution in [0.5, 0.6) is 0 Å². The minimum Gasteiger partial charge on any atom is -0.301 e. The van der Waals surface area contributed by atoms with E-state index in [1.165, 1.54) is 0 Å². The summed E-state index contributed by atoms with van der Waals surface area (Å²) in [5.74, 6) is 6.18. The van der Waals surface area contributed by atoms with Crippen molar-refractivity contribution in [2.45, 2.75) is 13.8 Å². The first kappa shape index (κ1) is 15.5. The van der Waals surface area contributed by atoms with E-state index in [1.54, 1.807) is 24.8 Å². The zero-order valence-corrected chi connectivity index (χ0v) is 14.0. The molecular weight excluding hydrogens is 331 g/mol. The third-order valence-corrected chi connectivity index (χ3v) is 4.06. The van der Waals surface area contributed by atoms with Crippen molar-refractivity contribution in [1.82, 2.24) is 19.5 Å². The lowest BCUT2D eigenvalue weighted by molar-refractivity contribution is 0.991. The second-order valence-corrected chi connectivity index (χ2v) is 5.66. The Morgan fingerprint density at radius 1 is 1.00 bits per heavy atom. The Morgan fingerprint density at radius 3 is 2.57 bits per heavy atom. The van der Waals surface area contributed by atoms with Gasteiger partial charge in [-0.3, -0.25) is 0 Å². The minimum atomic E-state index is 0.455. The predicted molar refractivity (Wildman–Crippen MR) is 91.1 cm³/mol. The molecule has 114 valence electrons. The Labute approximate surface area is 144 Å². The number of hydrogen-bond acceptors (Lipinski definition) is 3. The van der Waals surface area contributed by atoms with Crippen LogP contribution in [-0.2, 0) is 0 Å². The number of nitrogens with zero attached hydrogens (tertiary/aromatic N) is 4. The summed E-state index contributed by atoms with van der Waals surface area (Å²) in [6, 6.07) is 5.46. The lowest BCUT2D eigenvalue weighted by Crippen LogP contribution is -1.96. The van der Waals surface area contributed by atoms with E-state index in [1.807, 2.05) is 30.5 Å². The van der Waals surface area contributed by atoms with Gasteiger partial charge in [0.15, 0.2) is 0 Å². The van der Waals surface area contributed by atoms with Crippen molar-refractivity contribution in [2.75, 3.05) is 0 Å². The smallest absolute Gasteiger partial charge is 0.134 e. The average molecular weight is 343 g/mol. The maximum atomic E-state index is 6.01. The summed E-state index contributed by atoms with van der Waals surface area (Å²) in [6.07, 6.45) is 5.06. The number of imidazole rings is 1. The van der Waals surface area contributed by atoms with Crippen LogP contribution in [0.25, 0.3) is 5.69 Å². The fourth-order valence-electron chi connectivity index (χ4n) is 2.08. The molecule has 0 fully saturated rings. The molecule has 0 atom stereocenters. The first-order chi connectivity index (χ1) is 11.1. The summed E-state index contributed by atoms with van der Waals surface area (Å²) >= 11 is 11.8. The summed E-state index contributed by atoms with van der Waals surface area (Å²) in [5, 5.41) is 0.919. The summed E-state index contributed by atoms with van der Waals surface area (Å²) in [5.41, 5.74) is 4.22. The van der Waals surface area contributed by atoms with Crippen LogP contribution >= 0.6 is 23.2 Å². The van der Waals surface area contributed by atoms with E-state index in [9.17, 15) is 0 Å². The molecular formula is C17H12Cl2N4. The largest absolute Gasteiger partial charge is 0.301 e. The molecule has 4 nitrogen and oxygen atoms in total. The first-order valence-corrected chi connectivity index (χ1v) is 7.61. The lowest BCUT2D eigenvalue weighted by Gasteiger charge is -2.04. The normalized spacial score (nSPS) is 10.3. The van der Waals surface area contributed by atoms with Gasteiger partial charge in [-0.1, -0.05) is 29.1 Å². The van der Waals surface area contributed by atoms with Crippen molar-refractivity contribution in [3.63, 3.8) is 0 Å². The highest BCUT2D eigenvalue weighted by Crippen LogP contribution is 2.16. The van der Waals surface area contributed by atoms with Gasteiger partial charge in [0.2, 0.25) is 0 Å². The molecule has 3 rings (SSSR count). The van der Waals surface area contributed by atoms with E-state index in [0.717, 1.165) is 22.5 Å². The highest BCUT2D eigenvalue weighted by Gasteiger charge is 2.07. The molecule has 23 heavy (non-hydrogen) atoms. The maximum Gasteiger partial charge on any atom is 0.134 e. The van der Waals surface area contributed by atoms with Crippen molar-refractivity contribution in [2.24, 2.45) is 0 Å². The Kier molecular flexibility index (Phi) is 4.33. The Balaban J connectivity index is 1.96. The Morgan fingerprint density at radius 2 is 1.83 bits per heavy atom. The van der Waals surface area contributed by atoms with Gasteiger partial charge in [-0.2, -0.15) is 0 Å². The van der Waals surface area contributed by atoms with E-state index in [-0.39, 0.29) is 0 Å². The van der Waals surface area contributed by atoms with E-state index in [4.69, 9.17) is 23.2 Å². The molecule has 0 N–H and O–H groups in total. The first-order valence-electron chi connectivity index (χ1n) is 6.85. The third-order valence-electron chi connectivity index (χ3n) is 3.45. The van der Waals surface area contributed by atoms with Gasteiger partial charge in [0.05, 0.1) is 17.6 Å². The van der Waals surface area contributed by atoms with Crippen LogP contribution in [0.1, 0.15) is 22.5 Å². The van der Waals surface area contributed by atoms with E-state index in [2.05, 4.69) is 26.8 Å². The van der Waals surface area contributed by atoms with Gasteiger partial charge in [0.1, 0.15) is 22.3 Å². The van der Waals surface area contributed by atoms with Crippen molar-refractivity contribution in [1.29, 1.82) is 0 Å². The number of pyridine rings is 2. The molecule has 3 aromatic rings. The van der Waals surface area contributed by atoms with Gasteiger partial charge in [-0.05, 0) is 38.0 Å². The van der Waals surface area contributed by atoms with Gasteiger partial charge < -0.3 is 4.57 Å². The van der Waals surface area contributed by atoms with Crippen molar-refractivity contribution in [3.05, 3.63) is 69.7 Å². The maximum absolute atomic E-state index is 6.01. The fraction of sp³-hybridized carbons (Fsp3) is 0.118. The number of aromatic nitrogens is 4. The molecule has 3 aromatic heterocycles. The van der Waals surface area contributed by atoms with Crippen LogP contribution in [-0.4, -0.2) is 19.5 Å².